The van der Waals surface area contributed by atoms with Crippen LogP contribution in [-0.2, 0) is 22.5 Å². The normalized spacial score (nSPS) is 24.7. The van der Waals surface area contributed by atoms with Crippen molar-refractivity contribution in [2.75, 3.05) is 19.7 Å². The van der Waals surface area contributed by atoms with Crippen LogP contribution in [0.15, 0.2) is 78.9 Å². The summed E-state index contributed by atoms with van der Waals surface area (Å²) in [4.78, 5) is 31.7. The Bertz CT molecular complexity index is 1630. The van der Waals surface area contributed by atoms with Gasteiger partial charge in [-0.15, -0.1) is 0 Å². The van der Waals surface area contributed by atoms with Gasteiger partial charge in [0.25, 0.3) is 0 Å². The number of likely N-dealkylation sites (tertiary alicyclic amines) is 1. The zero-order valence-corrected chi connectivity index (χ0v) is 25.1. The lowest BCUT2D eigenvalue weighted by atomic mass is 9.74. The zero-order chi connectivity index (χ0) is 29.6. The maximum atomic E-state index is 14.7. The number of rotatable bonds is 7. The van der Waals surface area contributed by atoms with Crippen LogP contribution in [0.25, 0.3) is 10.9 Å². The van der Waals surface area contributed by atoms with Crippen molar-refractivity contribution in [3.8, 4) is 0 Å². The van der Waals surface area contributed by atoms with Gasteiger partial charge in [-0.1, -0.05) is 92.6 Å². The van der Waals surface area contributed by atoms with Crippen molar-refractivity contribution >= 4 is 22.9 Å². The number of ether oxygens (including phenoxy) is 1. The van der Waals surface area contributed by atoms with Crippen molar-refractivity contribution in [1.82, 2.24) is 19.6 Å². The van der Waals surface area contributed by atoms with E-state index in [1.165, 1.54) is 34.2 Å². The minimum Gasteiger partial charge on any atom is -0.446 e. The van der Waals surface area contributed by atoms with Crippen LogP contribution in [0.2, 0.25) is 0 Å². The fraction of sp³-hybridized carbons (Fsp3) is 0.417. The van der Waals surface area contributed by atoms with Crippen LogP contribution in [0.3, 0.4) is 0 Å². The van der Waals surface area contributed by atoms with Gasteiger partial charge < -0.3 is 4.74 Å². The van der Waals surface area contributed by atoms with Crippen LogP contribution in [0.5, 0.6) is 0 Å². The fourth-order valence-electron chi connectivity index (χ4n) is 7.72. The summed E-state index contributed by atoms with van der Waals surface area (Å²) in [5.41, 5.74) is 4.72. The molecule has 3 fully saturated rings. The number of amides is 2. The third-order valence-corrected chi connectivity index (χ3v) is 9.99. The van der Waals surface area contributed by atoms with Crippen LogP contribution in [0.1, 0.15) is 79.9 Å². The number of aromatic nitrogens is 2. The molecule has 7 nitrogen and oxygen atoms in total. The van der Waals surface area contributed by atoms with Crippen molar-refractivity contribution in [3.05, 3.63) is 101 Å². The molecule has 1 aromatic heterocycles. The second-order valence-electron chi connectivity index (χ2n) is 12.8. The summed E-state index contributed by atoms with van der Waals surface area (Å²) in [6.45, 7) is 6.41. The van der Waals surface area contributed by atoms with Gasteiger partial charge in [-0.2, -0.15) is 5.10 Å². The molecule has 0 radical (unpaired) electrons. The molecule has 7 heteroatoms. The Morgan fingerprint density at radius 2 is 1.70 bits per heavy atom. The van der Waals surface area contributed by atoms with E-state index in [2.05, 4.69) is 65.9 Å². The molecule has 43 heavy (non-hydrogen) atoms. The predicted molar refractivity (Wildman–Crippen MR) is 167 cm³/mol. The Morgan fingerprint density at radius 1 is 0.977 bits per heavy atom. The molecule has 4 aromatic rings. The van der Waals surface area contributed by atoms with E-state index in [9.17, 15) is 9.59 Å². The highest BCUT2D eigenvalue weighted by Gasteiger charge is 2.54. The molecule has 7 rings (SSSR count). The lowest BCUT2D eigenvalue weighted by Gasteiger charge is -2.34. The van der Waals surface area contributed by atoms with Gasteiger partial charge in [-0.3, -0.25) is 14.4 Å². The smallest absolute Gasteiger partial charge is 0.417 e. The molecule has 2 amide bonds. The third kappa shape index (κ3) is 4.93. The summed E-state index contributed by atoms with van der Waals surface area (Å²) in [6.07, 6.45) is 5.14. The minimum absolute atomic E-state index is 0.102. The summed E-state index contributed by atoms with van der Waals surface area (Å²) in [7, 11) is 0. The predicted octanol–water partition coefficient (Wildman–Crippen LogP) is 7.04. The molecule has 1 aliphatic carbocycles. The molecule has 0 N–H and O–H groups in total. The van der Waals surface area contributed by atoms with Gasteiger partial charge in [0, 0.05) is 30.9 Å². The minimum atomic E-state index is -0.829. The van der Waals surface area contributed by atoms with Gasteiger partial charge in [-0.25, -0.2) is 9.69 Å². The van der Waals surface area contributed by atoms with Crippen molar-refractivity contribution in [2.45, 2.75) is 70.5 Å². The second kappa shape index (κ2) is 11.3. The van der Waals surface area contributed by atoms with E-state index in [0.29, 0.717) is 12.6 Å². The lowest BCUT2D eigenvalue weighted by Crippen LogP contribution is -2.47. The Morgan fingerprint density at radius 3 is 2.42 bits per heavy atom. The van der Waals surface area contributed by atoms with Gasteiger partial charge >= 0.3 is 6.09 Å². The van der Waals surface area contributed by atoms with Crippen LogP contribution >= 0.6 is 0 Å². The highest BCUT2D eigenvalue weighted by Crippen LogP contribution is 2.47. The molecule has 1 saturated carbocycles. The number of imide groups is 1. The van der Waals surface area contributed by atoms with E-state index in [1.807, 2.05) is 36.4 Å². The lowest BCUT2D eigenvalue weighted by molar-refractivity contribution is -0.139. The van der Waals surface area contributed by atoms with Crippen molar-refractivity contribution in [1.29, 1.82) is 0 Å². The number of hydrogen-bond acceptors (Lipinski definition) is 5. The van der Waals surface area contributed by atoms with Crippen molar-refractivity contribution in [3.63, 3.8) is 0 Å². The van der Waals surface area contributed by atoms with E-state index in [-0.39, 0.29) is 18.4 Å². The largest absolute Gasteiger partial charge is 0.446 e. The van der Waals surface area contributed by atoms with E-state index in [1.54, 1.807) is 0 Å². The summed E-state index contributed by atoms with van der Waals surface area (Å²) in [5.74, 6) is -0.266. The SMILES string of the molecule is CCc1nn(C2CCCC2)c2cc([C@H]3CN(Cc4ccccc4)C[C@@]3(C)C(=O)N3C(=O)OC[C@H]3c3ccccc3)ccc12. The Kier molecular flexibility index (Phi) is 7.29. The van der Waals surface area contributed by atoms with Crippen LogP contribution in [-0.4, -0.2) is 51.3 Å². The first-order chi connectivity index (χ1) is 21.0. The molecular weight excluding hydrogens is 536 g/mol. The third-order valence-electron chi connectivity index (χ3n) is 9.99. The first-order valence-electron chi connectivity index (χ1n) is 15.8. The first kappa shape index (κ1) is 27.8. The monoisotopic (exact) mass is 576 g/mol. The molecule has 2 aliphatic heterocycles. The highest BCUT2D eigenvalue weighted by atomic mass is 16.6. The van der Waals surface area contributed by atoms with Crippen molar-refractivity contribution in [2.24, 2.45) is 5.41 Å². The standard InChI is InChI=1S/C36H40N4O3/c1-3-31-29-19-18-27(20-32(29)40(37-31)28-16-10-11-17-28)30-22-38(21-25-12-6-4-7-13-25)24-36(30,2)34(41)39-33(23-43-35(39)42)26-14-8-5-9-15-26/h4-9,12-15,18-20,28,30,33H,3,10-11,16-17,21-24H2,1-2H3/t30-,33+,36-/m1/s1. The maximum Gasteiger partial charge on any atom is 0.417 e. The number of benzene rings is 3. The molecule has 222 valence electrons. The van der Waals surface area contributed by atoms with E-state index in [0.717, 1.165) is 49.2 Å². The number of hydrogen-bond donors (Lipinski definition) is 0. The molecule has 3 atom stereocenters. The molecule has 0 bridgehead atoms. The van der Waals surface area contributed by atoms with Gasteiger partial charge in [0.1, 0.15) is 12.6 Å². The Balaban J connectivity index is 1.29. The van der Waals surface area contributed by atoms with E-state index < -0.39 is 17.6 Å². The average molecular weight is 577 g/mol. The van der Waals surface area contributed by atoms with Crippen LogP contribution in [0.4, 0.5) is 4.79 Å². The maximum absolute atomic E-state index is 14.7. The highest BCUT2D eigenvalue weighted by molar-refractivity contribution is 5.98. The van der Waals surface area contributed by atoms with Gasteiger partial charge in [0.05, 0.1) is 22.7 Å². The molecule has 3 aliphatic rings. The van der Waals surface area contributed by atoms with E-state index >= 15 is 0 Å². The number of nitrogens with zero attached hydrogens (tertiary/aromatic N) is 4. The van der Waals surface area contributed by atoms with Crippen molar-refractivity contribution < 1.29 is 14.3 Å². The second-order valence-corrected chi connectivity index (χ2v) is 12.8. The first-order valence-corrected chi connectivity index (χ1v) is 15.8. The number of carbonyl (C=O) groups is 2. The van der Waals surface area contributed by atoms with Crippen LogP contribution in [0, 0.1) is 5.41 Å². The summed E-state index contributed by atoms with van der Waals surface area (Å²) in [6, 6.07) is 26.9. The molecular formula is C36H40N4O3. The number of carbonyl (C=O) groups excluding carboxylic acids is 2. The summed E-state index contributed by atoms with van der Waals surface area (Å²) in [5, 5.41) is 6.29. The summed E-state index contributed by atoms with van der Waals surface area (Å²) < 4.78 is 7.78. The average Bonchev–Trinajstić information content (AvgIpc) is 3.83. The molecule has 3 aromatic carbocycles. The zero-order valence-electron chi connectivity index (χ0n) is 25.1. The molecule has 0 spiro atoms. The summed E-state index contributed by atoms with van der Waals surface area (Å²) >= 11 is 0. The number of cyclic esters (lactones) is 1. The topological polar surface area (TPSA) is 67.7 Å². The van der Waals surface area contributed by atoms with E-state index in [4.69, 9.17) is 9.84 Å². The Hall–Kier alpha value is -3.97. The van der Waals surface area contributed by atoms with Gasteiger partial charge in [0.2, 0.25) is 5.91 Å². The Labute approximate surface area is 253 Å². The molecule has 3 heterocycles. The molecule has 0 unspecified atom stereocenters. The number of aryl methyl sites for hydroxylation is 1. The van der Waals surface area contributed by atoms with Gasteiger partial charge in [-0.05, 0) is 48.9 Å². The number of fused-ring (bicyclic) bond motifs is 1. The molecule has 2 saturated heterocycles. The fourth-order valence-corrected chi connectivity index (χ4v) is 7.72. The van der Waals surface area contributed by atoms with Gasteiger partial charge in [0.15, 0.2) is 0 Å². The quantitative estimate of drug-likeness (QED) is 0.236. The van der Waals surface area contributed by atoms with Crippen LogP contribution < -0.4 is 0 Å².